The molecule has 2 aliphatic rings. The molecule has 3 rings (SSSR count). The summed E-state index contributed by atoms with van der Waals surface area (Å²) in [5.41, 5.74) is 0. The first-order valence-corrected chi connectivity index (χ1v) is 5.16. The summed E-state index contributed by atoms with van der Waals surface area (Å²) in [6.07, 6.45) is 5.43. The minimum absolute atomic E-state index is 0.170. The number of H-pyrrole nitrogens is 1. The summed E-state index contributed by atoms with van der Waals surface area (Å²) in [6, 6.07) is 1.77. The van der Waals surface area contributed by atoms with Crippen molar-refractivity contribution < 1.29 is 4.79 Å². The Morgan fingerprint density at radius 2 is 2.29 bits per heavy atom. The van der Waals surface area contributed by atoms with Crippen LogP contribution in [0.2, 0.25) is 0 Å². The van der Waals surface area contributed by atoms with Crippen molar-refractivity contribution in [3.05, 3.63) is 12.3 Å². The van der Waals surface area contributed by atoms with Crippen molar-refractivity contribution in [3.63, 3.8) is 0 Å². The Balaban J connectivity index is 1.62. The van der Waals surface area contributed by atoms with E-state index in [1.807, 2.05) is 0 Å². The van der Waals surface area contributed by atoms with Gasteiger partial charge in [-0.1, -0.05) is 6.42 Å². The van der Waals surface area contributed by atoms with Crippen LogP contribution >= 0.6 is 0 Å². The van der Waals surface area contributed by atoms with E-state index in [1.54, 1.807) is 12.3 Å². The molecule has 2 unspecified atom stereocenters. The molecule has 2 N–H and O–H groups in total. The highest BCUT2D eigenvalue weighted by atomic mass is 16.2. The second-order valence-corrected chi connectivity index (χ2v) is 4.24. The lowest BCUT2D eigenvalue weighted by Crippen LogP contribution is -2.16. The van der Waals surface area contributed by atoms with Crippen LogP contribution in [0, 0.1) is 17.8 Å². The highest BCUT2D eigenvalue weighted by molar-refractivity contribution is 5.94. The van der Waals surface area contributed by atoms with Crippen LogP contribution in [0.15, 0.2) is 12.3 Å². The summed E-state index contributed by atoms with van der Waals surface area (Å²) in [4.78, 5) is 11.7. The summed E-state index contributed by atoms with van der Waals surface area (Å²) in [5.74, 6) is 2.52. The van der Waals surface area contributed by atoms with Crippen molar-refractivity contribution in [2.24, 2.45) is 17.8 Å². The van der Waals surface area contributed by atoms with E-state index in [0.717, 1.165) is 0 Å². The second kappa shape index (κ2) is 2.83. The number of hydrogen-bond donors (Lipinski definition) is 2. The molecule has 74 valence electrons. The van der Waals surface area contributed by atoms with Crippen LogP contribution in [-0.2, 0) is 4.79 Å². The topological polar surface area (TPSA) is 57.8 Å². The molecule has 1 heterocycles. The number of carbonyl (C=O) groups excluding carboxylic acids is 1. The van der Waals surface area contributed by atoms with Gasteiger partial charge in [-0.25, -0.2) is 0 Å². The van der Waals surface area contributed by atoms with E-state index < -0.39 is 0 Å². The molecule has 2 fully saturated rings. The number of nitrogens with one attached hydrogen (secondary N) is 2. The monoisotopic (exact) mass is 191 g/mol. The molecule has 0 bridgehead atoms. The van der Waals surface area contributed by atoms with Gasteiger partial charge in [0.1, 0.15) is 5.82 Å². The smallest absolute Gasteiger partial charge is 0.229 e. The lowest BCUT2D eigenvalue weighted by Gasteiger charge is -2.03. The van der Waals surface area contributed by atoms with E-state index in [4.69, 9.17) is 0 Å². The first-order valence-electron chi connectivity index (χ1n) is 5.16. The Morgan fingerprint density at radius 1 is 1.50 bits per heavy atom. The molecule has 0 saturated heterocycles. The van der Waals surface area contributed by atoms with Crippen LogP contribution < -0.4 is 5.32 Å². The average Bonchev–Trinajstić information content (AvgIpc) is 2.63. The molecule has 1 amide bonds. The predicted octanol–water partition coefficient (Wildman–Crippen LogP) is 1.39. The number of anilines is 1. The van der Waals surface area contributed by atoms with Gasteiger partial charge in [0.15, 0.2) is 0 Å². The number of fused-ring (bicyclic) bond motifs is 1. The van der Waals surface area contributed by atoms with Crippen LogP contribution in [0.3, 0.4) is 0 Å². The molecule has 0 aliphatic heterocycles. The Kier molecular flexibility index (Phi) is 1.63. The van der Waals surface area contributed by atoms with Crippen molar-refractivity contribution >= 4 is 11.7 Å². The summed E-state index contributed by atoms with van der Waals surface area (Å²) < 4.78 is 0. The van der Waals surface area contributed by atoms with Crippen LogP contribution in [0.4, 0.5) is 5.82 Å². The fourth-order valence-corrected chi connectivity index (χ4v) is 2.75. The zero-order chi connectivity index (χ0) is 9.54. The number of amides is 1. The van der Waals surface area contributed by atoms with Crippen LogP contribution in [0.5, 0.6) is 0 Å². The molecule has 2 atom stereocenters. The molecule has 4 nitrogen and oxygen atoms in total. The van der Waals surface area contributed by atoms with Gasteiger partial charge in [-0.05, 0) is 24.7 Å². The minimum atomic E-state index is 0.170. The third-order valence-corrected chi connectivity index (χ3v) is 3.47. The van der Waals surface area contributed by atoms with Gasteiger partial charge < -0.3 is 5.32 Å². The maximum absolute atomic E-state index is 11.7. The van der Waals surface area contributed by atoms with Crippen molar-refractivity contribution in [2.45, 2.75) is 19.3 Å². The molecular formula is C10H13N3O. The van der Waals surface area contributed by atoms with E-state index in [9.17, 15) is 4.79 Å². The molecule has 0 aromatic carbocycles. The highest BCUT2D eigenvalue weighted by Gasteiger charge is 2.56. The number of aromatic nitrogens is 2. The average molecular weight is 191 g/mol. The molecule has 2 saturated carbocycles. The summed E-state index contributed by atoms with van der Waals surface area (Å²) in [5, 5.41) is 9.38. The summed E-state index contributed by atoms with van der Waals surface area (Å²) >= 11 is 0. The fourth-order valence-electron chi connectivity index (χ4n) is 2.75. The van der Waals surface area contributed by atoms with Gasteiger partial charge in [0.05, 0.1) is 6.20 Å². The van der Waals surface area contributed by atoms with Crippen LogP contribution in [0.25, 0.3) is 0 Å². The van der Waals surface area contributed by atoms with Crippen molar-refractivity contribution in [1.29, 1.82) is 0 Å². The fraction of sp³-hybridized carbons (Fsp3) is 0.600. The van der Waals surface area contributed by atoms with Gasteiger partial charge in [0.2, 0.25) is 5.91 Å². The maximum atomic E-state index is 11.7. The normalized spacial score (nSPS) is 33.9. The largest absolute Gasteiger partial charge is 0.311 e. The standard InChI is InChI=1S/C10H13N3O/c14-10(12-8-4-5-11-13-8)9-6-2-1-3-7(6)9/h4-7,9H,1-3H2,(H2,11,12,13,14). The first kappa shape index (κ1) is 8.03. The van der Waals surface area contributed by atoms with Crippen molar-refractivity contribution in [2.75, 3.05) is 5.32 Å². The Bertz CT molecular complexity index is 336. The van der Waals surface area contributed by atoms with Gasteiger partial charge in [0, 0.05) is 12.0 Å². The van der Waals surface area contributed by atoms with Gasteiger partial charge in [-0.15, -0.1) is 0 Å². The van der Waals surface area contributed by atoms with E-state index in [1.165, 1.54) is 19.3 Å². The number of hydrogen-bond acceptors (Lipinski definition) is 2. The molecule has 0 radical (unpaired) electrons. The molecular weight excluding hydrogens is 178 g/mol. The number of nitrogens with zero attached hydrogens (tertiary/aromatic N) is 1. The SMILES string of the molecule is O=C(Nc1ccn[nH]1)C1C2CCCC21. The predicted molar refractivity (Wildman–Crippen MR) is 51.5 cm³/mol. The lowest BCUT2D eigenvalue weighted by atomic mass is 10.1. The van der Waals surface area contributed by atoms with Gasteiger partial charge >= 0.3 is 0 Å². The first-order chi connectivity index (χ1) is 6.86. The molecule has 1 aromatic heterocycles. The number of carbonyl (C=O) groups is 1. The third-order valence-electron chi connectivity index (χ3n) is 3.47. The molecule has 14 heavy (non-hydrogen) atoms. The van der Waals surface area contributed by atoms with Crippen LogP contribution in [0.1, 0.15) is 19.3 Å². The third kappa shape index (κ3) is 1.14. The molecule has 1 aromatic rings. The van der Waals surface area contributed by atoms with Crippen LogP contribution in [-0.4, -0.2) is 16.1 Å². The second-order valence-electron chi connectivity index (χ2n) is 4.24. The minimum Gasteiger partial charge on any atom is -0.311 e. The van der Waals surface area contributed by atoms with E-state index in [0.29, 0.717) is 17.7 Å². The van der Waals surface area contributed by atoms with Gasteiger partial charge in [0.25, 0.3) is 0 Å². The Morgan fingerprint density at radius 3 is 2.93 bits per heavy atom. The van der Waals surface area contributed by atoms with Gasteiger partial charge in [-0.2, -0.15) is 5.10 Å². The molecule has 2 aliphatic carbocycles. The molecule has 4 heteroatoms. The van der Waals surface area contributed by atoms with E-state index in [-0.39, 0.29) is 11.8 Å². The summed E-state index contributed by atoms with van der Waals surface area (Å²) in [6.45, 7) is 0. The Labute approximate surface area is 82.1 Å². The Hall–Kier alpha value is -1.32. The van der Waals surface area contributed by atoms with Gasteiger partial charge in [-0.3, -0.25) is 9.89 Å². The lowest BCUT2D eigenvalue weighted by molar-refractivity contribution is -0.118. The number of rotatable bonds is 2. The molecule has 0 spiro atoms. The zero-order valence-electron chi connectivity index (χ0n) is 7.86. The van der Waals surface area contributed by atoms with Crippen molar-refractivity contribution in [1.82, 2.24) is 10.2 Å². The summed E-state index contributed by atoms with van der Waals surface area (Å²) in [7, 11) is 0. The van der Waals surface area contributed by atoms with E-state index >= 15 is 0 Å². The maximum Gasteiger partial charge on any atom is 0.229 e. The number of aromatic amines is 1. The van der Waals surface area contributed by atoms with Crippen molar-refractivity contribution in [3.8, 4) is 0 Å². The quantitative estimate of drug-likeness (QED) is 0.742. The van der Waals surface area contributed by atoms with E-state index in [2.05, 4.69) is 15.5 Å². The zero-order valence-corrected chi connectivity index (χ0v) is 7.86. The highest BCUT2D eigenvalue weighted by Crippen LogP contribution is 2.57.